The first-order valence-corrected chi connectivity index (χ1v) is 4.28. The molecule has 0 aromatic heterocycles. The Morgan fingerprint density at radius 3 is 3.00 bits per heavy atom. The Morgan fingerprint density at radius 2 is 2.27 bits per heavy atom. The maximum atomic E-state index is 5.73. The molecule has 1 rings (SSSR count). The number of ether oxygens (including phenoxy) is 1. The van der Waals surface area contributed by atoms with Crippen molar-refractivity contribution in [2.24, 2.45) is 4.99 Å². The second kappa shape index (κ2) is 3.35. The molecule has 0 saturated carbocycles. The summed E-state index contributed by atoms with van der Waals surface area (Å²) in [7, 11) is 0. The number of hydrogen-bond acceptors (Lipinski definition) is 2. The van der Waals surface area contributed by atoms with Crippen LogP contribution in [0.1, 0.15) is 33.6 Å². The van der Waals surface area contributed by atoms with Gasteiger partial charge in [-0.2, -0.15) is 0 Å². The van der Waals surface area contributed by atoms with Crippen molar-refractivity contribution in [3.8, 4) is 0 Å². The quantitative estimate of drug-likeness (QED) is 0.524. The van der Waals surface area contributed by atoms with Crippen molar-refractivity contribution in [3.05, 3.63) is 0 Å². The summed E-state index contributed by atoms with van der Waals surface area (Å²) in [5, 5.41) is 0. The van der Waals surface area contributed by atoms with Gasteiger partial charge in [0.05, 0.1) is 11.7 Å². The van der Waals surface area contributed by atoms with E-state index in [4.69, 9.17) is 4.74 Å². The van der Waals surface area contributed by atoms with Gasteiger partial charge in [0.25, 0.3) is 0 Å². The van der Waals surface area contributed by atoms with Crippen molar-refractivity contribution in [1.82, 2.24) is 0 Å². The molecule has 11 heavy (non-hydrogen) atoms. The third kappa shape index (κ3) is 3.02. The van der Waals surface area contributed by atoms with Crippen molar-refractivity contribution >= 4 is 6.21 Å². The fourth-order valence-electron chi connectivity index (χ4n) is 1.41. The second-order valence-corrected chi connectivity index (χ2v) is 3.74. The minimum Gasteiger partial charge on any atom is -0.367 e. The highest BCUT2D eigenvalue weighted by molar-refractivity contribution is 5.62. The van der Waals surface area contributed by atoms with Crippen LogP contribution in [-0.2, 0) is 4.74 Å². The molecule has 2 heteroatoms. The van der Waals surface area contributed by atoms with Crippen LogP contribution < -0.4 is 0 Å². The summed E-state index contributed by atoms with van der Waals surface area (Å²) in [6.45, 7) is 7.28. The van der Waals surface area contributed by atoms with Crippen LogP contribution >= 0.6 is 0 Å². The van der Waals surface area contributed by atoms with E-state index in [9.17, 15) is 0 Å². The van der Waals surface area contributed by atoms with E-state index in [0.717, 1.165) is 19.4 Å². The second-order valence-electron chi connectivity index (χ2n) is 3.74. The monoisotopic (exact) mass is 155 g/mol. The lowest BCUT2D eigenvalue weighted by Crippen LogP contribution is -2.31. The maximum absolute atomic E-state index is 5.73. The first-order chi connectivity index (χ1) is 5.10. The smallest absolute Gasteiger partial charge is 0.0900 e. The predicted octanol–water partition coefficient (Wildman–Crippen LogP) is 2.03. The van der Waals surface area contributed by atoms with Gasteiger partial charge in [-0.05, 0) is 33.6 Å². The van der Waals surface area contributed by atoms with Crippen molar-refractivity contribution in [3.63, 3.8) is 0 Å². The zero-order chi connectivity index (χ0) is 8.32. The summed E-state index contributed by atoms with van der Waals surface area (Å²) < 4.78 is 5.73. The van der Waals surface area contributed by atoms with E-state index < -0.39 is 0 Å². The molecular formula is C9H17NO. The molecule has 1 aliphatic heterocycles. The molecular weight excluding hydrogens is 138 g/mol. The SMILES string of the molecule is CC1C=NCCCC(C)(C)O1. The summed E-state index contributed by atoms with van der Waals surface area (Å²) in [6, 6.07) is 0. The van der Waals surface area contributed by atoms with E-state index in [1.54, 1.807) is 0 Å². The van der Waals surface area contributed by atoms with Gasteiger partial charge in [0.15, 0.2) is 0 Å². The van der Waals surface area contributed by atoms with E-state index in [0.29, 0.717) is 0 Å². The van der Waals surface area contributed by atoms with Crippen LogP contribution in [0.25, 0.3) is 0 Å². The lowest BCUT2D eigenvalue weighted by Gasteiger charge is -2.28. The Morgan fingerprint density at radius 1 is 1.55 bits per heavy atom. The lowest BCUT2D eigenvalue weighted by molar-refractivity contribution is -0.0414. The first-order valence-electron chi connectivity index (χ1n) is 4.28. The third-order valence-corrected chi connectivity index (χ3v) is 1.89. The van der Waals surface area contributed by atoms with Gasteiger partial charge >= 0.3 is 0 Å². The van der Waals surface area contributed by atoms with Gasteiger partial charge in [-0.3, -0.25) is 4.99 Å². The zero-order valence-corrected chi connectivity index (χ0v) is 7.63. The Hall–Kier alpha value is -0.370. The molecule has 0 spiro atoms. The van der Waals surface area contributed by atoms with Gasteiger partial charge in [0.2, 0.25) is 0 Å². The van der Waals surface area contributed by atoms with E-state index in [-0.39, 0.29) is 11.7 Å². The van der Waals surface area contributed by atoms with Crippen LogP contribution in [0.4, 0.5) is 0 Å². The van der Waals surface area contributed by atoms with Gasteiger partial charge in [-0.15, -0.1) is 0 Å². The Labute approximate surface area is 68.7 Å². The molecule has 0 aromatic rings. The molecule has 0 N–H and O–H groups in total. The fraction of sp³-hybridized carbons (Fsp3) is 0.889. The average molecular weight is 155 g/mol. The Kier molecular flexibility index (Phi) is 2.66. The highest BCUT2D eigenvalue weighted by Crippen LogP contribution is 2.19. The summed E-state index contributed by atoms with van der Waals surface area (Å²) in [6.07, 6.45) is 4.32. The molecule has 0 amide bonds. The van der Waals surface area contributed by atoms with Crippen LogP contribution in [0.3, 0.4) is 0 Å². The van der Waals surface area contributed by atoms with Crippen molar-refractivity contribution in [2.75, 3.05) is 6.54 Å². The van der Waals surface area contributed by atoms with E-state index in [1.165, 1.54) is 0 Å². The molecule has 64 valence electrons. The van der Waals surface area contributed by atoms with Gasteiger partial charge in [-0.1, -0.05) is 0 Å². The molecule has 0 aliphatic carbocycles. The van der Waals surface area contributed by atoms with Crippen LogP contribution in [0.2, 0.25) is 0 Å². The molecule has 1 heterocycles. The fourth-order valence-corrected chi connectivity index (χ4v) is 1.41. The average Bonchev–Trinajstić information content (AvgIpc) is 1.82. The lowest BCUT2D eigenvalue weighted by atomic mass is 10.0. The molecule has 0 radical (unpaired) electrons. The summed E-state index contributed by atoms with van der Waals surface area (Å²) >= 11 is 0. The van der Waals surface area contributed by atoms with Crippen molar-refractivity contribution in [2.45, 2.75) is 45.3 Å². The highest BCUT2D eigenvalue weighted by Gasteiger charge is 2.21. The largest absolute Gasteiger partial charge is 0.367 e. The molecule has 0 fully saturated rings. The summed E-state index contributed by atoms with van der Waals surface area (Å²) in [4.78, 5) is 4.23. The number of rotatable bonds is 0. The van der Waals surface area contributed by atoms with Crippen molar-refractivity contribution in [1.29, 1.82) is 0 Å². The van der Waals surface area contributed by atoms with Crippen LogP contribution in [0.15, 0.2) is 4.99 Å². The van der Waals surface area contributed by atoms with Crippen LogP contribution in [0.5, 0.6) is 0 Å². The molecule has 0 saturated heterocycles. The summed E-state index contributed by atoms with van der Waals surface area (Å²) in [5.41, 5.74) is 0.0336. The predicted molar refractivity (Wildman–Crippen MR) is 47.2 cm³/mol. The molecule has 1 aliphatic rings. The number of aliphatic imine (C=N–C) groups is 1. The Bertz CT molecular complexity index is 152. The normalized spacial score (nSPS) is 31.0. The topological polar surface area (TPSA) is 21.6 Å². The van der Waals surface area contributed by atoms with Gasteiger partial charge in [0, 0.05) is 12.8 Å². The van der Waals surface area contributed by atoms with Crippen molar-refractivity contribution < 1.29 is 4.74 Å². The number of nitrogens with zero attached hydrogens (tertiary/aromatic N) is 1. The molecule has 1 unspecified atom stereocenters. The van der Waals surface area contributed by atoms with E-state index in [2.05, 4.69) is 18.8 Å². The van der Waals surface area contributed by atoms with Gasteiger partial charge < -0.3 is 4.74 Å². The molecule has 0 aromatic carbocycles. The Balaban J connectivity index is 2.55. The minimum atomic E-state index is 0.0336. The zero-order valence-electron chi connectivity index (χ0n) is 7.63. The number of hydrogen-bond donors (Lipinski definition) is 0. The van der Waals surface area contributed by atoms with Crippen LogP contribution in [0, 0.1) is 0 Å². The summed E-state index contributed by atoms with van der Waals surface area (Å²) in [5.74, 6) is 0. The minimum absolute atomic E-state index is 0.0336. The van der Waals surface area contributed by atoms with Crippen LogP contribution in [-0.4, -0.2) is 24.5 Å². The molecule has 0 bridgehead atoms. The standard InChI is InChI=1S/C9H17NO/c1-8-7-10-6-4-5-9(2,3)11-8/h7-8H,4-6H2,1-3H3. The first kappa shape index (κ1) is 8.72. The third-order valence-electron chi connectivity index (χ3n) is 1.89. The van der Waals surface area contributed by atoms with E-state index in [1.807, 2.05) is 13.1 Å². The highest BCUT2D eigenvalue weighted by atomic mass is 16.5. The maximum Gasteiger partial charge on any atom is 0.0900 e. The van der Waals surface area contributed by atoms with Gasteiger partial charge in [0.1, 0.15) is 0 Å². The molecule has 1 atom stereocenters. The van der Waals surface area contributed by atoms with Gasteiger partial charge in [-0.25, -0.2) is 0 Å². The molecule has 2 nitrogen and oxygen atoms in total. The van der Waals surface area contributed by atoms with E-state index >= 15 is 0 Å².